The average molecular weight is 387 g/mol. The van der Waals surface area contributed by atoms with E-state index >= 15 is 0 Å². The average Bonchev–Trinajstić information content (AvgIpc) is 2.35. The summed E-state index contributed by atoms with van der Waals surface area (Å²) in [4.78, 5) is 11.2. The van der Waals surface area contributed by atoms with Crippen molar-refractivity contribution < 1.29 is 13.2 Å². The van der Waals surface area contributed by atoms with Crippen molar-refractivity contribution in [1.82, 2.24) is 4.31 Å². The first-order chi connectivity index (χ1) is 8.70. The van der Waals surface area contributed by atoms with Crippen molar-refractivity contribution in [3.8, 4) is 0 Å². The molecule has 0 spiro atoms. The molecular weight excluding hydrogens is 370 g/mol. The molecule has 1 aromatic carbocycles. The third-order valence-electron chi connectivity index (χ3n) is 2.79. The fraction of sp³-hybridized carbons (Fsp3) is 0.364. The maximum Gasteiger partial charge on any atom is 0.248 e. The third kappa shape index (κ3) is 4.16. The Hall–Kier alpha value is -0.670. The van der Waals surface area contributed by atoms with Gasteiger partial charge in [-0.1, -0.05) is 15.9 Å². The number of halogens is 2. The monoisotopic (exact) mass is 385 g/mol. The van der Waals surface area contributed by atoms with E-state index in [0.717, 1.165) is 0 Å². The van der Waals surface area contributed by atoms with Gasteiger partial charge in [-0.3, -0.25) is 4.79 Å². The smallest absolute Gasteiger partial charge is 0.248 e. The molecule has 0 saturated heterocycles. The Morgan fingerprint density at radius 3 is 2.40 bits per heavy atom. The van der Waals surface area contributed by atoms with Gasteiger partial charge in [0, 0.05) is 29.7 Å². The number of hydrogen-bond donors (Lipinski definition) is 2. The van der Waals surface area contributed by atoms with Gasteiger partial charge in [0.05, 0.1) is 4.90 Å². The van der Waals surface area contributed by atoms with Crippen LogP contribution in [0.25, 0.3) is 0 Å². The lowest BCUT2D eigenvalue weighted by Gasteiger charge is -2.23. The molecule has 0 radical (unpaired) electrons. The number of hydrogen-bond acceptors (Lipinski definition) is 4. The molecule has 0 aliphatic rings. The minimum atomic E-state index is -3.71. The van der Waals surface area contributed by atoms with E-state index in [1.54, 1.807) is 6.92 Å². The van der Waals surface area contributed by atoms with Crippen molar-refractivity contribution in [2.45, 2.75) is 17.9 Å². The van der Waals surface area contributed by atoms with E-state index in [2.05, 4.69) is 15.9 Å². The molecule has 1 amide bonds. The highest BCUT2D eigenvalue weighted by molar-refractivity contribution is 9.10. The Morgan fingerprint density at radius 1 is 1.40 bits per heavy atom. The normalized spacial score (nSPS) is 12.8. The highest BCUT2D eigenvalue weighted by Gasteiger charge is 2.25. The molecule has 114 valence electrons. The van der Waals surface area contributed by atoms with Crippen LogP contribution in [0.15, 0.2) is 27.6 Å². The van der Waals surface area contributed by atoms with E-state index in [1.807, 2.05) is 0 Å². The van der Waals surface area contributed by atoms with E-state index in [0.29, 0.717) is 4.47 Å². The van der Waals surface area contributed by atoms with Gasteiger partial charge >= 0.3 is 0 Å². The van der Waals surface area contributed by atoms with Crippen LogP contribution < -0.4 is 11.5 Å². The van der Waals surface area contributed by atoms with E-state index in [1.165, 1.54) is 29.6 Å². The molecule has 1 aromatic rings. The molecule has 0 saturated carbocycles. The summed E-state index contributed by atoms with van der Waals surface area (Å²) in [5.41, 5.74) is 10.8. The number of likely N-dealkylation sites (N-methyl/N-ethyl adjacent to an activating group) is 1. The van der Waals surface area contributed by atoms with E-state index in [-0.39, 0.29) is 35.5 Å². The van der Waals surface area contributed by atoms with Gasteiger partial charge in [-0.2, -0.15) is 4.31 Å². The first-order valence-electron chi connectivity index (χ1n) is 5.48. The second-order valence-electron chi connectivity index (χ2n) is 4.15. The number of rotatable bonds is 5. The summed E-state index contributed by atoms with van der Waals surface area (Å²) < 4.78 is 26.3. The number of sulfonamides is 1. The molecule has 4 N–H and O–H groups in total. The SMILES string of the molecule is CC(CN)N(C)S(=O)(=O)c1cc(Br)cc(C(N)=O)c1.Cl. The highest BCUT2D eigenvalue weighted by atomic mass is 79.9. The summed E-state index contributed by atoms with van der Waals surface area (Å²) in [5.74, 6) is -0.688. The zero-order chi connectivity index (χ0) is 14.8. The van der Waals surface area contributed by atoms with Gasteiger partial charge < -0.3 is 11.5 Å². The molecule has 9 heteroatoms. The molecule has 1 unspecified atom stereocenters. The predicted octanol–water partition coefficient (Wildman–Crippen LogP) is 0.938. The zero-order valence-corrected chi connectivity index (χ0v) is 14.3. The van der Waals surface area contributed by atoms with Gasteiger partial charge in [0.1, 0.15) is 0 Å². The fourth-order valence-corrected chi connectivity index (χ4v) is 3.49. The number of benzene rings is 1. The van der Waals surface area contributed by atoms with Crippen molar-refractivity contribution in [2.75, 3.05) is 13.6 Å². The summed E-state index contributed by atoms with van der Waals surface area (Å²) in [6, 6.07) is 3.79. The standard InChI is InChI=1S/C11H16BrN3O3S.ClH/c1-7(6-13)15(2)19(17,18)10-4-8(11(14)16)3-9(12)5-10;/h3-5,7H,6,13H2,1-2H3,(H2,14,16);1H. The lowest BCUT2D eigenvalue weighted by atomic mass is 10.2. The van der Waals surface area contributed by atoms with Crippen molar-refractivity contribution in [3.63, 3.8) is 0 Å². The molecule has 0 aliphatic heterocycles. The second kappa shape index (κ2) is 7.37. The van der Waals surface area contributed by atoms with Crippen LogP contribution in [0.1, 0.15) is 17.3 Å². The maximum absolute atomic E-state index is 12.4. The zero-order valence-electron chi connectivity index (χ0n) is 11.0. The number of carbonyl (C=O) groups excluding carboxylic acids is 1. The summed E-state index contributed by atoms with van der Waals surface area (Å²) in [5, 5.41) is 0. The first kappa shape index (κ1) is 19.3. The minimum Gasteiger partial charge on any atom is -0.366 e. The third-order valence-corrected chi connectivity index (χ3v) is 5.20. The number of primary amides is 1. The predicted molar refractivity (Wildman–Crippen MR) is 83.4 cm³/mol. The molecule has 0 heterocycles. The van der Waals surface area contributed by atoms with Gasteiger partial charge in [-0.05, 0) is 25.1 Å². The number of nitrogens with zero attached hydrogens (tertiary/aromatic N) is 1. The fourth-order valence-electron chi connectivity index (χ4n) is 1.41. The van der Waals surface area contributed by atoms with Gasteiger partial charge in [-0.15, -0.1) is 12.4 Å². The molecule has 1 rings (SSSR count). The van der Waals surface area contributed by atoms with Crippen LogP contribution in [0.2, 0.25) is 0 Å². The van der Waals surface area contributed by atoms with Crippen molar-refractivity contribution in [3.05, 3.63) is 28.2 Å². The minimum absolute atomic E-state index is 0. The highest BCUT2D eigenvalue weighted by Crippen LogP contribution is 2.22. The molecule has 0 aromatic heterocycles. The summed E-state index contributed by atoms with van der Waals surface area (Å²) in [6.07, 6.45) is 0. The van der Waals surface area contributed by atoms with Gasteiger partial charge in [0.25, 0.3) is 0 Å². The van der Waals surface area contributed by atoms with Crippen LogP contribution in [-0.4, -0.2) is 38.3 Å². The van der Waals surface area contributed by atoms with E-state index in [4.69, 9.17) is 11.5 Å². The Kier molecular flexibility index (Phi) is 7.12. The van der Waals surface area contributed by atoms with Gasteiger partial charge in [0.2, 0.25) is 15.9 Å². The Bertz CT molecular complexity index is 595. The van der Waals surface area contributed by atoms with Crippen molar-refractivity contribution in [2.24, 2.45) is 11.5 Å². The van der Waals surface area contributed by atoms with Gasteiger partial charge in [0.15, 0.2) is 0 Å². The number of amides is 1. The van der Waals surface area contributed by atoms with Crippen LogP contribution in [0.3, 0.4) is 0 Å². The van der Waals surface area contributed by atoms with E-state index < -0.39 is 15.9 Å². The van der Waals surface area contributed by atoms with Crippen molar-refractivity contribution >= 4 is 44.3 Å². The van der Waals surface area contributed by atoms with Crippen LogP contribution >= 0.6 is 28.3 Å². The summed E-state index contributed by atoms with van der Waals surface area (Å²) in [6.45, 7) is 1.90. The van der Waals surface area contributed by atoms with Crippen LogP contribution in [0, 0.1) is 0 Å². The number of carbonyl (C=O) groups is 1. The largest absolute Gasteiger partial charge is 0.366 e. The maximum atomic E-state index is 12.4. The van der Waals surface area contributed by atoms with Crippen LogP contribution in [-0.2, 0) is 10.0 Å². The molecule has 6 nitrogen and oxygen atoms in total. The molecule has 20 heavy (non-hydrogen) atoms. The quantitative estimate of drug-likeness (QED) is 0.785. The topological polar surface area (TPSA) is 106 Å². The molecule has 1 atom stereocenters. The second-order valence-corrected chi connectivity index (χ2v) is 7.06. The van der Waals surface area contributed by atoms with E-state index in [9.17, 15) is 13.2 Å². The molecule has 0 fully saturated rings. The first-order valence-corrected chi connectivity index (χ1v) is 7.72. The Balaban J connectivity index is 0.00000361. The lowest BCUT2D eigenvalue weighted by Crippen LogP contribution is -2.39. The molecule has 0 bridgehead atoms. The molecular formula is C11H17BrClN3O3S. The van der Waals surface area contributed by atoms with Crippen LogP contribution in [0.5, 0.6) is 0 Å². The molecule has 0 aliphatic carbocycles. The lowest BCUT2D eigenvalue weighted by molar-refractivity contribution is 0.1000. The summed E-state index contributed by atoms with van der Waals surface area (Å²) >= 11 is 3.16. The van der Waals surface area contributed by atoms with Crippen molar-refractivity contribution in [1.29, 1.82) is 0 Å². The Morgan fingerprint density at radius 2 is 1.95 bits per heavy atom. The van der Waals surface area contributed by atoms with Gasteiger partial charge in [-0.25, -0.2) is 8.42 Å². The van der Waals surface area contributed by atoms with Crippen LogP contribution in [0.4, 0.5) is 0 Å². The Labute approximate surface area is 133 Å². The number of nitrogens with two attached hydrogens (primary N) is 2. The summed E-state index contributed by atoms with van der Waals surface area (Å²) in [7, 11) is -2.27.